The molecule has 2 aromatic rings. The molecule has 110 valence electrons. The van der Waals surface area contributed by atoms with Gasteiger partial charge in [0, 0.05) is 20.3 Å². The Labute approximate surface area is 127 Å². The minimum Gasteiger partial charge on any atom is -0.377 e. The predicted molar refractivity (Wildman–Crippen MR) is 89.1 cm³/mol. The molecule has 1 saturated carbocycles. The topological polar surface area (TPSA) is 57.6 Å². The number of fused-ring (bicyclic) bond motifs is 1. The Kier molecular flexibility index (Phi) is 3.88. The van der Waals surface area contributed by atoms with Gasteiger partial charge in [0.05, 0.1) is 34.0 Å². The van der Waals surface area contributed by atoms with Crippen LogP contribution < -0.4 is 10.2 Å². The number of rotatable bonds is 5. The maximum absolute atomic E-state index is 11.3. The summed E-state index contributed by atoms with van der Waals surface area (Å²) in [5.41, 5.74) is 1.86. The average Bonchev–Trinajstić information content (AvgIpc) is 2.79. The summed E-state index contributed by atoms with van der Waals surface area (Å²) >= 11 is 1.40. The minimum atomic E-state index is 0.438. The fourth-order valence-corrected chi connectivity index (χ4v) is 3.31. The number of carbonyl (C=O) groups excluding carboxylic acids is 1. The van der Waals surface area contributed by atoms with E-state index in [0.29, 0.717) is 10.9 Å². The van der Waals surface area contributed by atoms with E-state index < -0.39 is 0 Å². The summed E-state index contributed by atoms with van der Waals surface area (Å²) in [4.78, 5) is 23.7. The Bertz CT molecular complexity index is 688. The summed E-state index contributed by atoms with van der Waals surface area (Å²) in [6.45, 7) is 0. The summed E-state index contributed by atoms with van der Waals surface area (Å²) in [6.07, 6.45) is 7.96. The van der Waals surface area contributed by atoms with Crippen molar-refractivity contribution in [2.75, 3.05) is 24.3 Å². The Morgan fingerprint density at radius 3 is 2.90 bits per heavy atom. The van der Waals surface area contributed by atoms with Crippen molar-refractivity contribution >= 4 is 45.6 Å². The molecule has 0 aromatic carbocycles. The molecule has 0 aliphatic heterocycles. The van der Waals surface area contributed by atoms with Gasteiger partial charge in [0.1, 0.15) is 4.83 Å². The first-order chi connectivity index (χ1) is 10.2. The Morgan fingerprint density at radius 1 is 1.48 bits per heavy atom. The van der Waals surface area contributed by atoms with Crippen molar-refractivity contribution in [3.8, 4) is 0 Å². The Balaban J connectivity index is 2.01. The predicted octanol–water partition coefficient (Wildman–Crippen LogP) is 3.17. The normalized spacial score (nSPS) is 15.3. The van der Waals surface area contributed by atoms with Crippen LogP contribution in [0.3, 0.4) is 0 Å². The summed E-state index contributed by atoms with van der Waals surface area (Å²) < 4.78 is 0. The van der Waals surface area contributed by atoms with E-state index >= 15 is 0 Å². The van der Waals surface area contributed by atoms with E-state index in [-0.39, 0.29) is 0 Å². The van der Waals surface area contributed by atoms with Gasteiger partial charge >= 0.3 is 0 Å². The van der Waals surface area contributed by atoms with E-state index in [1.807, 2.05) is 25.1 Å². The smallest absolute Gasteiger partial charge is 0.162 e. The summed E-state index contributed by atoms with van der Waals surface area (Å²) in [6, 6.07) is 2.39. The highest BCUT2D eigenvalue weighted by Crippen LogP contribution is 2.38. The van der Waals surface area contributed by atoms with Crippen LogP contribution in [-0.2, 0) is 0 Å². The molecule has 1 N–H and O–H groups in total. The second kappa shape index (κ2) is 5.81. The number of aromatic nitrogens is 1. The van der Waals surface area contributed by atoms with Crippen LogP contribution >= 0.6 is 11.3 Å². The van der Waals surface area contributed by atoms with E-state index in [9.17, 15) is 4.79 Å². The Hall–Kier alpha value is -1.95. The van der Waals surface area contributed by atoms with Crippen molar-refractivity contribution in [2.45, 2.75) is 25.3 Å². The van der Waals surface area contributed by atoms with Crippen molar-refractivity contribution < 1.29 is 4.79 Å². The van der Waals surface area contributed by atoms with Crippen molar-refractivity contribution in [3.05, 3.63) is 17.1 Å². The number of aldehydes is 1. The number of aliphatic imine (C=N–C) groups is 1. The van der Waals surface area contributed by atoms with Crippen LogP contribution in [0.2, 0.25) is 0 Å². The lowest BCUT2D eigenvalue weighted by atomic mass is 9.94. The van der Waals surface area contributed by atoms with E-state index in [1.54, 1.807) is 12.5 Å². The molecular weight excluding hydrogens is 284 g/mol. The molecule has 0 amide bonds. The number of nitrogens with one attached hydrogen (secondary N) is 1. The molecule has 2 heterocycles. The number of carbonyl (C=O) groups is 1. The molecule has 5 nitrogen and oxygen atoms in total. The van der Waals surface area contributed by atoms with Crippen molar-refractivity contribution in [3.63, 3.8) is 0 Å². The molecule has 0 atom stereocenters. The van der Waals surface area contributed by atoms with E-state index in [4.69, 9.17) is 0 Å². The number of nitrogens with zero attached hydrogens (tertiary/aromatic N) is 3. The molecule has 0 unspecified atom stereocenters. The van der Waals surface area contributed by atoms with Crippen LogP contribution in [0.1, 0.15) is 28.9 Å². The fourth-order valence-electron chi connectivity index (χ4n) is 2.37. The first-order valence-corrected chi connectivity index (χ1v) is 7.84. The number of anilines is 2. The second-order valence-electron chi connectivity index (χ2n) is 5.37. The zero-order chi connectivity index (χ0) is 14.8. The SMILES string of the molecule is CN(C)c1ccnc2sc(C=O)c(NC=NC3CCC3)c12. The van der Waals surface area contributed by atoms with Crippen LogP contribution in [-0.4, -0.2) is 37.7 Å². The van der Waals surface area contributed by atoms with Crippen LogP contribution in [0, 0.1) is 0 Å². The highest BCUT2D eigenvalue weighted by atomic mass is 32.1. The van der Waals surface area contributed by atoms with E-state index in [1.165, 1.54) is 17.8 Å². The second-order valence-corrected chi connectivity index (χ2v) is 6.40. The van der Waals surface area contributed by atoms with Gasteiger partial charge in [0.25, 0.3) is 0 Å². The zero-order valence-corrected chi connectivity index (χ0v) is 13.0. The van der Waals surface area contributed by atoms with Gasteiger partial charge in [0.2, 0.25) is 0 Å². The van der Waals surface area contributed by atoms with Gasteiger partial charge in [-0.2, -0.15) is 0 Å². The lowest BCUT2D eigenvalue weighted by Gasteiger charge is -2.20. The number of thiophene rings is 1. The van der Waals surface area contributed by atoms with Gasteiger partial charge < -0.3 is 10.2 Å². The zero-order valence-electron chi connectivity index (χ0n) is 12.2. The van der Waals surface area contributed by atoms with Gasteiger partial charge in [-0.1, -0.05) is 0 Å². The molecule has 2 aromatic heterocycles. The van der Waals surface area contributed by atoms with Crippen LogP contribution in [0.25, 0.3) is 10.2 Å². The molecule has 0 radical (unpaired) electrons. The van der Waals surface area contributed by atoms with Gasteiger partial charge in [-0.25, -0.2) is 4.98 Å². The van der Waals surface area contributed by atoms with Crippen LogP contribution in [0.15, 0.2) is 17.3 Å². The standard InChI is InChI=1S/C15H18N4OS/c1-19(2)11-6-7-16-15-13(11)14(12(8-20)21-15)18-9-17-10-4-3-5-10/h6-10H,3-5H2,1-2H3,(H,17,18). The monoisotopic (exact) mass is 302 g/mol. The third-order valence-electron chi connectivity index (χ3n) is 3.76. The molecule has 3 rings (SSSR count). The highest BCUT2D eigenvalue weighted by Gasteiger charge is 2.17. The lowest BCUT2D eigenvalue weighted by Crippen LogP contribution is -2.16. The summed E-state index contributed by atoms with van der Waals surface area (Å²) in [7, 11) is 3.97. The van der Waals surface area contributed by atoms with Crippen molar-refractivity contribution in [2.24, 2.45) is 4.99 Å². The molecule has 0 bridgehead atoms. The molecule has 21 heavy (non-hydrogen) atoms. The Morgan fingerprint density at radius 2 is 2.29 bits per heavy atom. The van der Waals surface area contributed by atoms with Crippen molar-refractivity contribution in [1.29, 1.82) is 0 Å². The molecule has 0 spiro atoms. The van der Waals surface area contributed by atoms with Gasteiger partial charge in [0.15, 0.2) is 6.29 Å². The quantitative estimate of drug-likeness (QED) is 0.523. The third kappa shape index (κ3) is 2.63. The van der Waals surface area contributed by atoms with E-state index in [0.717, 1.165) is 40.7 Å². The minimum absolute atomic E-state index is 0.438. The maximum Gasteiger partial charge on any atom is 0.162 e. The molecule has 1 aliphatic carbocycles. The van der Waals surface area contributed by atoms with E-state index in [2.05, 4.69) is 15.3 Å². The first-order valence-electron chi connectivity index (χ1n) is 7.03. The molecule has 1 aliphatic rings. The average molecular weight is 302 g/mol. The lowest BCUT2D eigenvalue weighted by molar-refractivity contribution is 0.112. The third-order valence-corrected chi connectivity index (χ3v) is 4.78. The summed E-state index contributed by atoms with van der Waals surface area (Å²) in [5.74, 6) is 0. The van der Waals surface area contributed by atoms with Gasteiger partial charge in [-0.05, 0) is 25.3 Å². The largest absolute Gasteiger partial charge is 0.377 e. The molecule has 6 heteroatoms. The number of hydrogen-bond donors (Lipinski definition) is 1. The summed E-state index contributed by atoms with van der Waals surface area (Å²) in [5, 5.41) is 4.18. The molecular formula is C15H18N4OS. The van der Waals surface area contributed by atoms with Crippen LogP contribution in [0.4, 0.5) is 11.4 Å². The number of pyridine rings is 1. The maximum atomic E-state index is 11.3. The first kappa shape index (κ1) is 14.0. The van der Waals surface area contributed by atoms with Gasteiger partial charge in [-0.15, -0.1) is 11.3 Å². The molecule has 1 fully saturated rings. The van der Waals surface area contributed by atoms with Crippen LogP contribution in [0.5, 0.6) is 0 Å². The van der Waals surface area contributed by atoms with Gasteiger partial charge in [-0.3, -0.25) is 9.79 Å². The highest BCUT2D eigenvalue weighted by molar-refractivity contribution is 7.21. The fraction of sp³-hybridized carbons (Fsp3) is 0.400. The van der Waals surface area contributed by atoms with Crippen molar-refractivity contribution in [1.82, 2.24) is 4.98 Å². The molecule has 0 saturated heterocycles. The number of hydrogen-bond acceptors (Lipinski definition) is 5.